The number of rotatable bonds is 6. The largest absolute Gasteiger partial charge is 0.496 e. The van der Waals surface area contributed by atoms with E-state index in [0.29, 0.717) is 42.4 Å². The van der Waals surface area contributed by atoms with Gasteiger partial charge in [0, 0.05) is 24.8 Å². The first kappa shape index (κ1) is 17.6. The van der Waals surface area contributed by atoms with E-state index in [1.54, 1.807) is 18.2 Å². The molecule has 0 aliphatic carbocycles. The lowest BCUT2D eigenvalue weighted by Gasteiger charge is -2.27. The van der Waals surface area contributed by atoms with E-state index in [2.05, 4.69) is 5.32 Å². The lowest BCUT2D eigenvalue weighted by atomic mass is 9.86. The maximum atomic E-state index is 12.3. The number of halogens is 1. The molecule has 7 heteroatoms. The molecule has 23 heavy (non-hydrogen) atoms. The Labute approximate surface area is 139 Å². The number of amides is 1. The van der Waals surface area contributed by atoms with Crippen LogP contribution in [-0.2, 0) is 9.53 Å². The van der Waals surface area contributed by atoms with Crippen LogP contribution in [0.15, 0.2) is 18.2 Å². The van der Waals surface area contributed by atoms with Gasteiger partial charge in [0.05, 0.1) is 18.6 Å². The molecule has 0 aromatic heterocycles. The molecule has 1 unspecified atom stereocenters. The van der Waals surface area contributed by atoms with Gasteiger partial charge in [-0.05, 0) is 37.0 Å². The average molecular weight is 342 g/mol. The summed E-state index contributed by atoms with van der Waals surface area (Å²) >= 11 is 5.87. The van der Waals surface area contributed by atoms with E-state index in [9.17, 15) is 14.7 Å². The third-order valence-electron chi connectivity index (χ3n) is 4.04. The molecule has 0 spiro atoms. The smallest absolute Gasteiger partial charge is 0.308 e. The fourth-order valence-corrected chi connectivity index (χ4v) is 2.89. The molecule has 1 aliphatic rings. The molecule has 1 heterocycles. The quantitative estimate of drug-likeness (QED) is 0.828. The van der Waals surface area contributed by atoms with Gasteiger partial charge >= 0.3 is 5.97 Å². The van der Waals surface area contributed by atoms with Crippen LogP contribution in [0.3, 0.4) is 0 Å². The van der Waals surface area contributed by atoms with E-state index in [1.807, 2.05) is 0 Å². The van der Waals surface area contributed by atoms with E-state index in [-0.39, 0.29) is 18.4 Å². The van der Waals surface area contributed by atoms with Gasteiger partial charge in [0.25, 0.3) is 5.91 Å². The highest BCUT2D eigenvalue weighted by Gasteiger charge is 2.30. The summed E-state index contributed by atoms with van der Waals surface area (Å²) in [6.45, 7) is 1.20. The second-order valence-electron chi connectivity index (χ2n) is 5.45. The first-order valence-corrected chi connectivity index (χ1v) is 7.83. The molecule has 0 radical (unpaired) electrons. The summed E-state index contributed by atoms with van der Waals surface area (Å²) in [5.41, 5.74) is 0.327. The van der Waals surface area contributed by atoms with Gasteiger partial charge in [0.2, 0.25) is 0 Å². The Morgan fingerprint density at radius 2 is 2.13 bits per heavy atom. The molecule has 2 rings (SSSR count). The van der Waals surface area contributed by atoms with E-state index in [1.165, 1.54) is 7.11 Å². The van der Waals surface area contributed by atoms with Crippen LogP contribution < -0.4 is 10.1 Å². The van der Waals surface area contributed by atoms with E-state index >= 15 is 0 Å². The van der Waals surface area contributed by atoms with Crippen molar-refractivity contribution in [3.05, 3.63) is 28.8 Å². The minimum absolute atomic E-state index is 0.00802. The maximum Gasteiger partial charge on any atom is 0.308 e. The number of hydrogen-bond acceptors (Lipinski definition) is 4. The highest BCUT2D eigenvalue weighted by atomic mass is 35.5. The number of benzene rings is 1. The second-order valence-corrected chi connectivity index (χ2v) is 5.89. The van der Waals surface area contributed by atoms with Crippen molar-refractivity contribution in [2.24, 2.45) is 11.8 Å². The number of carbonyl (C=O) groups excluding carboxylic acids is 1. The van der Waals surface area contributed by atoms with Crippen molar-refractivity contribution in [3.8, 4) is 5.75 Å². The number of methoxy groups -OCH3 is 1. The molecule has 1 atom stereocenters. The van der Waals surface area contributed by atoms with Crippen molar-refractivity contribution in [2.75, 3.05) is 26.9 Å². The summed E-state index contributed by atoms with van der Waals surface area (Å²) in [6.07, 6.45) is 1.38. The van der Waals surface area contributed by atoms with Gasteiger partial charge in [-0.25, -0.2) is 0 Å². The Bertz CT molecular complexity index is 572. The molecular weight excluding hydrogens is 322 g/mol. The molecule has 1 fully saturated rings. The third-order valence-corrected chi connectivity index (χ3v) is 4.28. The Morgan fingerprint density at radius 1 is 1.43 bits per heavy atom. The van der Waals surface area contributed by atoms with Gasteiger partial charge in [0.1, 0.15) is 5.75 Å². The monoisotopic (exact) mass is 341 g/mol. The van der Waals surface area contributed by atoms with E-state index < -0.39 is 11.9 Å². The average Bonchev–Trinajstić information content (AvgIpc) is 2.55. The number of carbonyl (C=O) groups is 2. The van der Waals surface area contributed by atoms with Gasteiger partial charge in [0.15, 0.2) is 0 Å². The van der Waals surface area contributed by atoms with Crippen LogP contribution in [0.1, 0.15) is 23.2 Å². The minimum Gasteiger partial charge on any atom is -0.496 e. The number of hydrogen-bond donors (Lipinski definition) is 2. The van der Waals surface area contributed by atoms with Gasteiger partial charge in [-0.15, -0.1) is 0 Å². The zero-order valence-corrected chi connectivity index (χ0v) is 13.6. The van der Waals surface area contributed by atoms with Crippen molar-refractivity contribution >= 4 is 23.5 Å². The van der Waals surface area contributed by atoms with E-state index in [4.69, 9.17) is 21.1 Å². The molecule has 1 saturated heterocycles. The first-order chi connectivity index (χ1) is 11.0. The number of nitrogens with one attached hydrogen (secondary N) is 1. The van der Waals surface area contributed by atoms with Crippen LogP contribution in [0.5, 0.6) is 5.75 Å². The minimum atomic E-state index is -0.903. The molecule has 2 N–H and O–H groups in total. The SMILES string of the molecule is COc1cc(Cl)ccc1C(=O)NCC(C(=O)O)C1CCOCC1. The molecule has 1 aliphatic heterocycles. The van der Waals surface area contributed by atoms with Crippen LogP contribution >= 0.6 is 11.6 Å². The lowest BCUT2D eigenvalue weighted by molar-refractivity contribution is -0.144. The van der Waals surface area contributed by atoms with Crippen molar-refractivity contribution < 1.29 is 24.2 Å². The molecule has 126 valence electrons. The lowest BCUT2D eigenvalue weighted by Crippen LogP contribution is -2.39. The second kappa shape index (κ2) is 8.17. The highest BCUT2D eigenvalue weighted by molar-refractivity contribution is 6.30. The molecular formula is C16H20ClNO5. The van der Waals surface area contributed by atoms with Crippen LogP contribution in [0, 0.1) is 11.8 Å². The number of carboxylic acid groups (broad SMARTS) is 1. The summed E-state index contributed by atoms with van der Waals surface area (Å²) in [4.78, 5) is 23.8. The van der Waals surface area contributed by atoms with Crippen molar-refractivity contribution in [2.45, 2.75) is 12.8 Å². The summed E-state index contributed by atoms with van der Waals surface area (Å²) in [6, 6.07) is 4.69. The summed E-state index contributed by atoms with van der Waals surface area (Å²) in [7, 11) is 1.45. The van der Waals surface area contributed by atoms with Crippen molar-refractivity contribution in [1.29, 1.82) is 0 Å². The third kappa shape index (κ3) is 4.59. The van der Waals surface area contributed by atoms with Gasteiger partial charge in [-0.3, -0.25) is 9.59 Å². The van der Waals surface area contributed by atoms with E-state index in [0.717, 1.165) is 0 Å². The van der Waals surface area contributed by atoms with Crippen LogP contribution in [0.25, 0.3) is 0 Å². The van der Waals surface area contributed by atoms with Crippen LogP contribution in [-0.4, -0.2) is 43.9 Å². The highest BCUT2D eigenvalue weighted by Crippen LogP contribution is 2.25. The van der Waals surface area contributed by atoms with Gasteiger partial charge in [-0.2, -0.15) is 0 Å². The van der Waals surface area contributed by atoms with Crippen LogP contribution in [0.4, 0.5) is 0 Å². The van der Waals surface area contributed by atoms with Crippen molar-refractivity contribution in [1.82, 2.24) is 5.32 Å². The summed E-state index contributed by atoms with van der Waals surface area (Å²) in [5.74, 6) is -1.54. The fraction of sp³-hybridized carbons (Fsp3) is 0.500. The van der Waals surface area contributed by atoms with Gasteiger partial charge < -0.3 is 19.9 Å². The summed E-state index contributed by atoms with van der Waals surface area (Å²) < 4.78 is 10.4. The van der Waals surface area contributed by atoms with Crippen molar-refractivity contribution in [3.63, 3.8) is 0 Å². The molecule has 0 bridgehead atoms. The fourth-order valence-electron chi connectivity index (χ4n) is 2.72. The Balaban J connectivity index is 2.02. The number of carboxylic acids is 1. The normalized spacial score (nSPS) is 16.6. The maximum absolute atomic E-state index is 12.3. The van der Waals surface area contributed by atoms with Gasteiger partial charge in [-0.1, -0.05) is 11.6 Å². The number of ether oxygens (including phenoxy) is 2. The van der Waals surface area contributed by atoms with Crippen LogP contribution in [0.2, 0.25) is 5.02 Å². The molecule has 0 saturated carbocycles. The predicted octanol–water partition coefficient (Wildman–Crippen LogP) is 2.21. The topological polar surface area (TPSA) is 84.9 Å². The zero-order valence-electron chi connectivity index (χ0n) is 12.9. The number of aliphatic carboxylic acids is 1. The predicted molar refractivity (Wildman–Crippen MR) is 85.0 cm³/mol. The Morgan fingerprint density at radius 3 is 2.74 bits per heavy atom. The summed E-state index contributed by atoms with van der Waals surface area (Å²) in [5, 5.41) is 12.6. The molecule has 1 aromatic carbocycles. The standard InChI is InChI=1S/C16H20ClNO5/c1-22-14-8-11(17)2-3-12(14)15(19)18-9-13(16(20)21)10-4-6-23-7-5-10/h2-3,8,10,13H,4-7,9H2,1H3,(H,18,19)(H,20,21). The molecule has 1 aromatic rings. The molecule has 6 nitrogen and oxygen atoms in total. The first-order valence-electron chi connectivity index (χ1n) is 7.45. The zero-order chi connectivity index (χ0) is 16.8. The Hall–Kier alpha value is -1.79. The Kier molecular flexibility index (Phi) is 6.24. The molecule has 1 amide bonds.